The number of hydrogen-bond acceptors (Lipinski definition) is 8. The summed E-state index contributed by atoms with van der Waals surface area (Å²) in [7, 11) is -4.61. The lowest BCUT2D eigenvalue weighted by Crippen LogP contribution is -2.07. The normalized spacial score (nSPS) is 11.1. The summed E-state index contributed by atoms with van der Waals surface area (Å²) in [5.41, 5.74) is 1.29. The van der Waals surface area contributed by atoms with E-state index in [1.807, 2.05) is 13.8 Å². The van der Waals surface area contributed by atoms with E-state index in [0.29, 0.717) is 23.1 Å². The van der Waals surface area contributed by atoms with E-state index in [2.05, 4.69) is 4.52 Å². The third-order valence-corrected chi connectivity index (χ3v) is 5.20. The predicted molar refractivity (Wildman–Crippen MR) is 128 cm³/mol. The van der Waals surface area contributed by atoms with Gasteiger partial charge in [0.05, 0.1) is 0 Å². The van der Waals surface area contributed by atoms with Gasteiger partial charge in [-0.2, -0.15) is 0 Å². The molecule has 10 nitrogen and oxygen atoms in total. The SMILES string of the molecule is CCCC(=O)Oc1ccc2c(C)cc(=O)oc2c1.Cc1cc(=O)oc2cc(OP(=O)(O)O)ccc12. The minimum atomic E-state index is -4.61. The van der Waals surface area contributed by atoms with Crippen LogP contribution in [0.25, 0.3) is 21.9 Å². The molecule has 184 valence electrons. The maximum absolute atomic E-state index is 11.4. The number of fused-ring (bicyclic) bond motifs is 2. The molecule has 0 bridgehead atoms. The van der Waals surface area contributed by atoms with Crippen molar-refractivity contribution < 1.29 is 37.2 Å². The van der Waals surface area contributed by atoms with Gasteiger partial charge in [0.15, 0.2) is 0 Å². The third kappa shape index (κ3) is 7.13. The van der Waals surface area contributed by atoms with Crippen LogP contribution >= 0.6 is 7.82 Å². The zero-order valence-electron chi connectivity index (χ0n) is 19.1. The van der Waals surface area contributed by atoms with Crippen molar-refractivity contribution >= 4 is 35.7 Å². The zero-order chi connectivity index (χ0) is 25.8. The van der Waals surface area contributed by atoms with Crippen LogP contribution in [0.1, 0.15) is 30.9 Å². The highest BCUT2D eigenvalue weighted by Crippen LogP contribution is 2.38. The molecule has 0 radical (unpaired) electrons. The molecule has 0 unspecified atom stereocenters. The van der Waals surface area contributed by atoms with Crippen molar-refractivity contribution in [2.75, 3.05) is 0 Å². The number of aryl methyl sites for hydroxylation is 2. The maximum atomic E-state index is 11.4. The Morgan fingerprint density at radius 3 is 1.83 bits per heavy atom. The van der Waals surface area contributed by atoms with Crippen LogP contribution < -0.4 is 20.5 Å². The highest BCUT2D eigenvalue weighted by molar-refractivity contribution is 7.46. The number of hydrogen-bond donors (Lipinski definition) is 2. The second kappa shape index (κ2) is 10.7. The Balaban J connectivity index is 0.000000196. The Kier molecular flexibility index (Phi) is 7.91. The Morgan fingerprint density at radius 2 is 1.34 bits per heavy atom. The van der Waals surface area contributed by atoms with Gasteiger partial charge in [-0.05, 0) is 55.7 Å². The first-order valence-corrected chi connectivity index (χ1v) is 12.0. The van der Waals surface area contributed by atoms with Gasteiger partial charge in [0, 0.05) is 41.5 Å². The summed E-state index contributed by atoms with van der Waals surface area (Å²) in [6.07, 6.45) is 1.11. The third-order valence-electron chi connectivity index (χ3n) is 4.76. The van der Waals surface area contributed by atoms with Gasteiger partial charge in [-0.25, -0.2) is 14.2 Å². The monoisotopic (exact) mass is 502 g/mol. The molecule has 0 aliphatic carbocycles. The molecule has 0 aliphatic rings. The zero-order valence-corrected chi connectivity index (χ0v) is 20.0. The summed E-state index contributed by atoms with van der Waals surface area (Å²) in [6, 6.07) is 12.1. The van der Waals surface area contributed by atoms with Gasteiger partial charge in [-0.1, -0.05) is 6.92 Å². The molecule has 0 spiro atoms. The number of carbonyl (C=O) groups excluding carboxylic acids is 1. The van der Waals surface area contributed by atoms with Crippen LogP contribution in [0.5, 0.6) is 11.5 Å². The molecule has 0 amide bonds. The molecule has 35 heavy (non-hydrogen) atoms. The van der Waals surface area contributed by atoms with Gasteiger partial charge in [-0.3, -0.25) is 14.6 Å². The Labute approximate surface area is 199 Å². The van der Waals surface area contributed by atoms with Gasteiger partial charge in [0.25, 0.3) is 0 Å². The highest BCUT2D eigenvalue weighted by Gasteiger charge is 2.16. The number of ether oxygens (including phenoxy) is 1. The van der Waals surface area contributed by atoms with Gasteiger partial charge in [0.1, 0.15) is 22.7 Å². The van der Waals surface area contributed by atoms with Crippen LogP contribution in [-0.2, 0) is 9.36 Å². The Hall–Kier alpha value is -3.72. The number of phosphoric ester groups is 1. The molecule has 0 saturated heterocycles. The van der Waals surface area contributed by atoms with Crippen LogP contribution in [0.4, 0.5) is 0 Å². The first kappa shape index (κ1) is 25.9. The summed E-state index contributed by atoms with van der Waals surface area (Å²) < 4.78 is 30.2. The van der Waals surface area contributed by atoms with Crippen LogP contribution in [0.3, 0.4) is 0 Å². The Bertz CT molecular complexity index is 1540. The van der Waals surface area contributed by atoms with Crippen molar-refractivity contribution in [1.82, 2.24) is 0 Å². The van der Waals surface area contributed by atoms with E-state index in [4.69, 9.17) is 23.4 Å². The maximum Gasteiger partial charge on any atom is 0.524 e. The number of esters is 1. The molecule has 0 saturated carbocycles. The van der Waals surface area contributed by atoms with E-state index in [1.54, 1.807) is 31.2 Å². The molecule has 4 rings (SSSR count). The van der Waals surface area contributed by atoms with Crippen LogP contribution in [-0.4, -0.2) is 15.8 Å². The first-order chi connectivity index (χ1) is 16.4. The standard InChI is InChI=1S/C14H14O4.C10H9O6P/c1-3-4-13(15)17-10-5-6-11-9(2)7-14(16)18-12(11)8-10;1-6-4-10(11)15-9-5-7(2-3-8(6)9)16-17(12,13)14/h5-8H,3-4H2,1-2H3;2-5H,1H3,(H2,12,13,14). The molecule has 4 aromatic rings. The average molecular weight is 502 g/mol. The van der Waals surface area contributed by atoms with Crippen molar-refractivity contribution in [3.05, 3.63) is 80.5 Å². The van der Waals surface area contributed by atoms with E-state index >= 15 is 0 Å². The fourth-order valence-corrected chi connectivity index (χ4v) is 3.64. The second-order valence-corrected chi connectivity index (χ2v) is 8.78. The van der Waals surface area contributed by atoms with Gasteiger partial charge < -0.3 is 18.1 Å². The summed E-state index contributed by atoms with van der Waals surface area (Å²) in [4.78, 5) is 51.1. The summed E-state index contributed by atoms with van der Waals surface area (Å²) in [5.74, 6) is 0.0566. The second-order valence-electron chi connectivity index (χ2n) is 7.62. The van der Waals surface area contributed by atoms with E-state index < -0.39 is 19.1 Å². The highest BCUT2D eigenvalue weighted by atomic mass is 31.2. The average Bonchev–Trinajstić information content (AvgIpc) is 2.72. The van der Waals surface area contributed by atoms with Crippen LogP contribution in [0, 0.1) is 13.8 Å². The van der Waals surface area contributed by atoms with E-state index in [1.165, 1.54) is 24.3 Å². The lowest BCUT2D eigenvalue weighted by Gasteiger charge is -2.07. The number of benzene rings is 2. The molecule has 2 aromatic carbocycles. The fraction of sp³-hybridized carbons (Fsp3) is 0.208. The van der Waals surface area contributed by atoms with E-state index in [9.17, 15) is 18.9 Å². The van der Waals surface area contributed by atoms with Gasteiger partial charge >= 0.3 is 25.0 Å². The lowest BCUT2D eigenvalue weighted by molar-refractivity contribution is -0.134. The number of phosphoric acid groups is 1. The lowest BCUT2D eigenvalue weighted by atomic mass is 10.1. The van der Waals surface area contributed by atoms with E-state index in [-0.39, 0.29) is 17.3 Å². The fourth-order valence-electron chi connectivity index (χ4n) is 3.25. The minimum absolute atomic E-state index is 0.0559. The largest absolute Gasteiger partial charge is 0.524 e. The number of carbonyl (C=O) groups is 1. The van der Waals surface area contributed by atoms with Gasteiger partial charge in [0.2, 0.25) is 0 Å². The molecule has 2 heterocycles. The molecular formula is C24H23O10P. The van der Waals surface area contributed by atoms with Crippen molar-refractivity contribution in [3.8, 4) is 11.5 Å². The summed E-state index contributed by atoms with van der Waals surface area (Å²) in [5, 5.41) is 1.52. The number of rotatable bonds is 5. The molecule has 0 aliphatic heterocycles. The molecule has 2 N–H and O–H groups in total. The van der Waals surface area contributed by atoms with E-state index in [0.717, 1.165) is 22.9 Å². The van der Waals surface area contributed by atoms with Crippen LogP contribution in [0.2, 0.25) is 0 Å². The smallest absolute Gasteiger partial charge is 0.426 e. The summed E-state index contributed by atoms with van der Waals surface area (Å²) >= 11 is 0. The molecule has 0 atom stereocenters. The first-order valence-electron chi connectivity index (χ1n) is 10.5. The predicted octanol–water partition coefficient (Wildman–Crippen LogP) is 4.38. The molecule has 11 heteroatoms. The minimum Gasteiger partial charge on any atom is -0.426 e. The molecule has 0 fully saturated rings. The Morgan fingerprint density at radius 1 is 0.857 bits per heavy atom. The quantitative estimate of drug-likeness (QED) is 0.174. The topological polar surface area (TPSA) is 153 Å². The molecular weight excluding hydrogens is 479 g/mol. The van der Waals surface area contributed by atoms with Crippen molar-refractivity contribution in [2.24, 2.45) is 0 Å². The molecule has 2 aromatic heterocycles. The van der Waals surface area contributed by atoms with Crippen molar-refractivity contribution in [2.45, 2.75) is 33.6 Å². The summed E-state index contributed by atoms with van der Waals surface area (Å²) in [6.45, 7) is 5.48. The van der Waals surface area contributed by atoms with Crippen molar-refractivity contribution in [3.63, 3.8) is 0 Å². The van der Waals surface area contributed by atoms with Gasteiger partial charge in [-0.15, -0.1) is 0 Å². The van der Waals surface area contributed by atoms with Crippen LogP contribution in [0.15, 0.2) is 67.0 Å². The van der Waals surface area contributed by atoms with Crippen molar-refractivity contribution in [1.29, 1.82) is 0 Å².